The highest BCUT2D eigenvalue weighted by atomic mass is 32.2. The van der Waals surface area contributed by atoms with Crippen LogP contribution in [0.3, 0.4) is 0 Å². The highest BCUT2D eigenvalue weighted by Crippen LogP contribution is 2.53. The number of rotatable bonds is 6. The fourth-order valence-electron chi connectivity index (χ4n) is 5.23. The maximum atomic E-state index is 13.8. The van der Waals surface area contributed by atoms with Crippen LogP contribution in [-0.2, 0) is 20.6 Å². The molecule has 43 heavy (non-hydrogen) atoms. The smallest absolute Gasteiger partial charge is 0.416 e. The number of nitrogens with zero attached hydrogens (tertiary/aromatic N) is 1. The molecule has 8 nitrogen and oxygen atoms in total. The van der Waals surface area contributed by atoms with Gasteiger partial charge in [-0.15, -0.1) is 0 Å². The Morgan fingerprint density at radius 1 is 1.00 bits per heavy atom. The summed E-state index contributed by atoms with van der Waals surface area (Å²) in [4.78, 5) is 55.9. The van der Waals surface area contributed by atoms with Crippen molar-refractivity contribution in [2.75, 3.05) is 16.8 Å². The fourth-order valence-corrected chi connectivity index (χ4v) is 7.75. The topological polar surface area (TPSA) is 109 Å². The van der Waals surface area contributed by atoms with Gasteiger partial charge in [-0.05, 0) is 55.0 Å². The van der Waals surface area contributed by atoms with Gasteiger partial charge in [0.15, 0.2) is 6.61 Å². The predicted molar refractivity (Wildman–Crippen MR) is 156 cm³/mol. The Kier molecular flexibility index (Phi) is 7.38. The molecule has 2 aliphatic rings. The molecule has 3 aromatic carbocycles. The third kappa shape index (κ3) is 5.57. The van der Waals surface area contributed by atoms with E-state index < -0.39 is 40.6 Å². The van der Waals surface area contributed by atoms with Crippen molar-refractivity contribution in [3.05, 3.63) is 104 Å². The highest BCUT2D eigenvalue weighted by Gasteiger charge is 2.56. The van der Waals surface area contributed by atoms with Crippen molar-refractivity contribution in [3.63, 3.8) is 0 Å². The number of alkyl halides is 3. The highest BCUT2D eigenvalue weighted by molar-refractivity contribution is 8.00. The number of carbonyl (C=O) groups is 3. The van der Waals surface area contributed by atoms with Crippen LogP contribution in [0.2, 0.25) is 0 Å². The molecule has 2 aliphatic heterocycles. The SMILES string of the molecule is Cc1ccc(NC(=O)COc2cccc([C@H]3c4sc(=O)[nH]c4SC4C(=O)N(c5cccc(C(F)(F)F)c5)C(=O)C43)c2)cc1. The van der Waals surface area contributed by atoms with E-state index in [4.69, 9.17) is 4.74 Å². The van der Waals surface area contributed by atoms with Gasteiger partial charge >= 0.3 is 11.0 Å². The number of H-pyrrole nitrogens is 1. The average Bonchev–Trinajstić information content (AvgIpc) is 3.47. The summed E-state index contributed by atoms with van der Waals surface area (Å²) in [7, 11) is 0. The molecule has 3 atom stereocenters. The number of aryl methyl sites for hydroxylation is 1. The molecule has 0 spiro atoms. The molecule has 0 saturated carbocycles. The maximum Gasteiger partial charge on any atom is 0.416 e. The van der Waals surface area contributed by atoms with Gasteiger partial charge in [-0.1, -0.05) is 59.0 Å². The first-order valence-corrected chi connectivity index (χ1v) is 14.7. The number of imide groups is 1. The lowest BCUT2D eigenvalue weighted by atomic mass is 9.83. The Hall–Kier alpha value is -4.36. The molecule has 4 aromatic rings. The van der Waals surface area contributed by atoms with E-state index in [1.165, 1.54) is 6.07 Å². The van der Waals surface area contributed by atoms with E-state index >= 15 is 0 Å². The van der Waals surface area contributed by atoms with Gasteiger partial charge < -0.3 is 15.0 Å². The number of ether oxygens (including phenoxy) is 1. The second kappa shape index (κ2) is 11.0. The Bertz CT molecular complexity index is 1800. The average molecular weight is 626 g/mol. The molecule has 6 rings (SSSR count). The van der Waals surface area contributed by atoms with Crippen LogP contribution in [0.1, 0.15) is 27.5 Å². The summed E-state index contributed by atoms with van der Waals surface area (Å²) in [6.45, 7) is 1.63. The quantitative estimate of drug-likeness (QED) is 0.271. The molecule has 2 unspecified atom stereocenters. The van der Waals surface area contributed by atoms with Crippen LogP contribution in [0, 0.1) is 12.8 Å². The minimum atomic E-state index is -4.66. The third-order valence-corrected chi connectivity index (χ3v) is 9.58. The number of thioether (sulfide) groups is 1. The first kappa shape index (κ1) is 28.7. The molecular weight excluding hydrogens is 603 g/mol. The minimum Gasteiger partial charge on any atom is -0.484 e. The van der Waals surface area contributed by atoms with Crippen LogP contribution >= 0.6 is 23.1 Å². The maximum absolute atomic E-state index is 13.8. The number of nitrogens with one attached hydrogen (secondary N) is 2. The number of hydrogen-bond acceptors (Lipinski definition) is 7. The third-order valence-electron chi connectivity index (χ3n) is 7.18. The molecule has 13 heteroatoms. The second-order valence-corrected chi connectivity index (χ2v) is 12.3. The Balaban J connectivity index is 1.29. The Morgan fingerprint density at radius 2 is 1.74 bits per heavy atom. The zero-order chi connectivity index (χ0) is 30.5. The molecule has 0 aliphatic carbocycles. The monoisotopic (exact) mass is 625 g/mol. The molecule has 1 saturated heterocycles. The van der Waals surface area contributed by atoms with E-state index in [1.54, 1.807) is 36.4 Å². The van der Waals surface area contributed by atoms with Crippen molar-refractivity contribution in [3.8, 4) is 5.75 Å². The molecule has 0 radical (unpaired) electrons. The lowest BCUT2D eigenvalue weighted by molar-refractivity contribution is -0.137. The molecule has 1 fully saturated rings. The van der Waals surface area contributed by atoms with Crippen LogP contribution in [-0.4, -0.2) is 34.6 Å². The first-order chi connectivity index (χ1) is 20.5. The molecule has 3 heterocycles. The van der Waals surface area contributed by atoms with Gasteiger partial charge in [0.2, 0.25) is 11.8 Å². The molecule has 1 aromatic heterocycles. The summed E-state index contributed by atoms with van der Waals surface area (Å²) in [5.41, 5.74) is 1.06. The number of fused-ring (bicyclic) bond motifs is 2. The number of anilines is 2. The van der Waals surface area contributed by atoms with Gasteiger partial charge in [0.25, 0.3) is 5.91 Å². The largest absolute Gasteiger partial charge is 0.484 e. The Morgan fingerprint density at radius 3 is 2.49 bits per heavy atom. The predicted octanol–water partition coefficient (Wildman–Crippen LogP) is 5.58. The summed E-state index contributed by atoms with van der Waals surface area (Å²) in [6.07, 6.45) is -4.66. The van der Waals surface area contributed by atoms with E-state index in [0.29, 0.717) is 26.9 Å². The van der Waals surface area contributed by atoms with Crippen LogP contribution in [0.15, 0.2) is 82.6 Å². The number of benzene rings is 3. The molecule has 220 valence electrons. The molecular formula is C30H22F3N3O5S2. The van der Waals surface area contributed by atoms with Crippen molar-refractivity contribution in [1.82, 2.24) is 4.98 Å². The number of halogens is 3. The molecule has 0 bridgehead atoms. The van der Waals surface area contributed by atoms with E-state index in [0.717, 1.165) is 51.8 Å². The van der Waals surface area contributed by atoms with E-state index in [9.17, 15) is 32.3 Å². The summed E-state index contributed by atoms with van der Waals surface area (Å²) in [5.74, 6) is -3.15. The van der Waals surface area contributed by atoms with Gasteiger partial charge in [-0.3, -0.25) is 19.2 Å². The van der Waals surface area contributed by atoms with Crippen LogP contribution in [0.4, 0.5) is 24.5 Å². The van der Waals surface area contributed by atoms with Crippen LogP contribution in [0.25, 0.3) is 0 Å². The lowest BCUT2D eigenvalue weighted by Crippen LogP contribution is -2.32. The van der Waals surface area contributed by atoms with Gasteiger partial charge in [0.1, 0.15) is 11.0 Å². The van der Waals surface area contributed by atoms with Crippen molar-refractivity contribution in [2.24, 2.45) is 5.92 Å². The minimum absolute atomic E-state index is 0.174. The zero-order valence-corrected chi connectivity index (χ0v) is 23.9. The molecule has 3 amide bonds. The van der Waals surface area contributed by atoms with Gasteiger partial charge in [0.05, 0.1) is 22.2 Å². The van der Waals surface area contributed by atoms with Gasteiger partial charge in [-0.25, -0.2) is 4.90 Å². The summed E-state index contributed by atoms with van der Waals surface area (Å²) in [5, 5.41) is 2.20. The fraction of sp³-hybridized carbons (Fsp3) is 0.200. The number of carbonyl (C=O) groups excluding carboxylic acids is 3. The first-order valence-electron chi connectivity index (χ1n) is 13.0. The van der Waals surface area contributed by atoms with Crippen molar-refractivity contribution in [1.29, 1.82) is 0 Å². The zero-order valence-electron chi connectivity index (χ0n) is 22.3. The number of hydrogen-bond donors (Lipinski definition) is 2. The Labute approximate surface area is 250 Å². The summed E-state index contributed by atoms with van der Waals surface area (Å²) in [6, 6.07) is 18.0. The van der Waals surface area contributed by atoms with Crippen LogP contribution in [0.5, 0.6) is 5.75 Å². The molecule has 2 N–H and O–H groups in total. The number of amides is 3. The van der Waals surface area contributed by atoms with Crippen molar-refractivity contribution >= 4 is 52.2 Å². The summed E-state index contributed by atoms with van der Waals surface area (Å²) < 4.78 is 46.0. The normalized spacial score (nSPS) is 19.6. The van der Waals surface area contributed by atoms with Gasteiger partial charge in [0, 0.05) is 16.5 Å². The standard InChI is InChI=1S/C30H22F3N3O5S2/c1-15-8-10-18(11-9-15)34-21(37)14-41-20-7-2-4-16(12-20)22-23-25(42-26-24(22)43-29(40)35-26)28(39)36(27(23)38)19-6-3-5-17(13-19)30(31,32)33/h2-13,22-23,25H,14H2,1H3,(H,34,37)(H,35,40)/t22-,23?,25?/m1/s1. The number of aromatic amines is 1. The van der Waals surface area contributed by atoms with Gasteiger partial charge in [-0.2, -0.15) is 13.2 Å². The lowest BCUT2D eigenvalue weighted by Gasteiger charge is -2.30. The van der Waals surface area contributed by atoms with Crippen molar-refractivity contribution in [2.45, 2.75) is 29.3 Å². The van der Waals surface area contributed by atoms with Crippen LogP contribution < -0.4 is 19.8 Å². The van der Waals surface area contributed by atoms with E-state index in [-0.39, 0.29) is 23.1 Å². The number of aromatic nitrogens is 1. The summed E-state index contributed by atoms with van der Waals surface area (Å²) >= 11 is 1.93. The van der Waals surface area contributed by atoms with Crippen molar-refractivity contribution < 1.29 is 32.3 Å². The van der Waals surface area contributed by atoms with E-state index in [1.807, 2.05) is 19.1 Å². The van der Waals surface area contributed by atoms with E-state index in [2.05, 4.69) is 10.3 Å². The second-order valence-electron chi connectivity index (χ2n) is 10.1. The number of thiazole rings is 1.